The highest BCUT2D eigenvalue weighted by molar-refractivity contribution is 7.19. The lowest BCUT2D eigenvalue weighted by Gasteiger charge is -2.11. The molecule has 1 aliphatic carbocycles. The fraction of sp³-hybridized carbons (Fsp3) is 0.294. The van der Waals surface area contributed by atoms with Gasteiger partial charge in [0.05, 0.1) is 5.39 Å². The molecule has 2 heterocycles. The number of rotatable bonds is 2. The van der Waals surface area contributed by atoms with Crippen LogP contribution in [0.5, 0.6) is 0 Å². The topological polar surface area (TPSA) is 37.8 Å². The van der Waals surface area contributed by atoms with Crippen molar-refractivity contribution in [1.82, 2.24) is 9.97 Å². The Labute approximate surface area is 138 Å². The minimum Gasteiger partial charge on any atom is -0.339 e. The number of hydrogen-bond acceptors (Lipinski definition) is 4. The van der Waals surface area contributed by atoms with Crippen molar-refractivity contribution in [3.63, 3.8) is 0 Å². The van der Waals surface area contributed by atoms with Gasteiger partial charge < -0.3 is 5.32 Å². The summed E-state index contributed by atoms with van der Waals surface area (Å²) in [4.78, 5) is 11.9. The number of benzene rings is 1. The van der Waals surface area contributed by atoms with Gasteiger partial charge in [-0.25, -0.2) is 9.97 Å². The summed E-state index contributed by atoms with van der Waals surface area (Å²) in [5, 5.41) is 5.41. The molecule has 0 radical (unpaired) electrons. The van der Waals surface area contributed by atoms with E-state index in [0.717, 1.165) is 39.2 Å². The van der Waals surface area contributed by atoms with Gasteiger partial charge in [-0.05, 0) is 56.4 Å². The van der Waals surface area contributed by atoms with Gasteiger partial charge in [-0.3, -0.25) is 0 Å². The third-order valence-corrected chi connectivity index (χ3v) is 5.55. The van der Waals surface area contributed by atoms with Crippen molar-refractivity contribution in [2.24, 2.45) is 0 Å². The van der Waals surface area contributed by atoms with E-state index in [1.165, 1.54) is 28.7 Å². The van der Waals surface area contributed by atoms with Crippen LogP contribution < -0.4 is 5.32 Å². The molecule has 0 fully saturated rings. The zero-order chi connectivity index (χ0) is 15.3. The number of fused-ring (bicyclic) bond motifs is 3. The first-order valence-electron chi connectivity index (χ1n) is 7.44. The molecule has 3 nitrogen and oxygen atoms in total. The van der Waals surface area contributed by atoms with Gasteiger partial charge in [0.2, 0.25) is 0 Å². The van der Waals surface area contributed by atoms with Crippen LogP contribution in [0.15, 0.2) is 18.2 Å². The van der Waals surface area contributed by atoms with Crippen molar-refractivity contribution in [1.29, 1.82) is 0 Å². The summed E-state index contributed by atoms with van der Waals surface area (Å²) in [5.74, 6) is 1.71. The lowest BCUT2D eigenvalue weighted by atomic mass is 10.1. The monoisotopic (exact) mass is 329 g/mol. The molecule has 4 rings (SSSR count). The van der Waals surface area contributed by atoms with Crippen LogP contribution in [0.2, 0.25) is 5.02 Å². The molecule has 5 heteroatoms. The lowest BCUT2D eigenvalue weighted by molar-refractivity contribution is 0.917. The Balaban J connectivity index is 1.89. The maximum atomic E-state index is 6.13. The molecule has 0 spiro atoms. The van der Waals surface area contributed by atoms with Crippen molar-refractivity contribution in [2.45, 2.75) is 33.1 Å². The summed E-state index contributed by atoms with van der Waals surface area (Å²) in [7, 11) is 0. The van der Waals surface area contributed by atoms with Gasteiger partial charge >= 0.3 is 0 Å². The van der Waals surface area contributed by atoms with Gasteiger partial charge in [-0.1, -0.05) is 17.7 Å². The second-order valence-corrected chi connectivity index (χ2v) is 7.26. The van der Waals surface area contributed by atoms with E-state index < -0.39 is 0 Å². The number of nitrogens with one attached hydrogen (secondary N) is 1. The van der Waals surface area contributed by atoms with Crippen LogP contribution in [0.25, 0.3) is 10.2 Å². The summed E-state index contributed by atoms with van der Waals surface area (Å²) >= 11 is 7.95. The SMILES string of the molecule is Cc1nc(Nc2cc(Cl)ccc2C)c2c3c(sc2n1)CCC3. The number of hydrogen-bond donors (Lipinski definition) is 1. The quantitative estimate of drug-likeness (QED) is 0.702. The fourth-order valence-corrected chi connectivity index (χ4v) is 4.53. The number of anilines is 2. The van der Waals surface area contributed by atoms with E-state index in [0.29, 0.717) is 0 Å². The first-order chi connectivity index (χ1) is 10.6. The van der Waals surface area contributed by atoms with Gasteiger partial charge in [-0.15, -0.1) is 11.3 Å². The van der Waals surface area contributed by atoms with Crippen LogP contribution >= 0.6 is 22.9 Å². The Kier molecular flexibility index (Phi) is 3.31. The summed E-state index contributed by atoms with van der Waals surface area (Å²) < 4.78 is 0. The summed E-state index contributed by atoms with van der Waals surface area (Å²) in [6.45, 7) is 4.02. The van der Waals surface area contributed by atoms with Gasteiger partial charge in [0.25, 0.3) is 0 Å². The minimum absolute atomic E-state index is 0.727. The maximum absolute atomic E-state index is 6.13. The van der Waals surface area contributed by atoms with E-state index in [-0.39, 0.29) is 0 Å². The predicted molar refractivity (Wildman–Crippen MR) is 93.6 cm³/mol. The molecule has 112 valence electrons. The predicted octanol–water partition coefficient (Wildman–Crippen LogP) is 5.19. The van der Waals surface area contributed by atoms with Gasteiger partial charge in [-0.2, -0.15) is 0 Å². The van der Waals surface area contributed by atoms with E-state index in [4.69, 9.17) is 11.6 Å². The number of aromatic nitrogens is 2. The Hall–Kier alpha value is -1.65. The van der Waals surface area contributed by atoms with E-state index in [1.807, 2.05) is 36.5 Å². The van der Waals surface area contributed by atoms with Crippen LogP contribution in [0.3, 0.4) is 0 Å². The third-order valence-electron chi connectivity index (χ3n) is 4.13. The van der Waals surface area contributed by atoms with Crippen molar-refractivity contribution in [3.8, 4) is 0 Å². The normalized spacial score (nSPS) is 13.6. The molecular formula is C17H16ClN3S. The summed E-state index contributed by atoms with van der Waals surface area (Å²) in [5.41, 5.74) is 3.59. The number of nitrogens with zero attached hydrogens (tertiary/aromatic N) is 2. The zero-order valence-corrected chi connectivity index (χ0v) is 14.1. The number of thiophene rings is 1. The first-order valence-corrected chi connectivity index (χ1v) is 8.63. The summed E-state index contributed by atoms with van der Waals surface area (Å²) in [6.07, 6.45) is 3.54. The van der Waals surface area contributed by atoms with Crippen molar-refractivity contribution in [2.75, 3.05) is 5.32 Å². The highest BCUT2D eigenvalue weighted by atomic mass is 35.5. The maximum Gasteiger partial charge on any atom is 0.143 e. The molecule has 0 aliphatic heterocycles. The van der Waals surface area contributed by atoms with Gasteiger partial charge in [0.1, 0.15) is 16.5 Å². The second kappa shape index (κ2) is 5.21. The molecule has 1 N–H and O–H groups in total. The van der Waals surface area contributed by atoms with Crippen LogP contribution in [0.1, 0.15) is 28.2 Å². The Morgan fingerprint density at radius 2 is 2.05 bits per heavy atom. The van der Waals surface area contributed by atoms with Gasteiger partial charge in [0, 0.05) is 15.6 Å². The Morgan fingerprint density at radius 3 is 2.91 bits per heavy atom. The van der Waals surface area contributed by atoms with Crippen molar-refractivity contribution >= 4 is 44.7 Å². The second-order valence-electron chi connectivity index (χ2n) is 5.74. The van der Waals surface area contributed by atoms with E-state index in [1.54, 1.807) is 0 Å². The molecule has 1 aliphatic rings. The highest BCUT2D eigenvalue weighted by Gasteiger charge is 2.22. The molecule has 0 saturated heterocycles. The molecular weight excluding hydrogens is 314 g/mol. The standard InChI is InChI=1S/C17H16ClN3S/c1-9-6-7-11(18)8-13(9)21-16-15-12-4-3-5-14(12)22-17(15)20-10(2)19-16/h6-8H,3-5H2,1-2H3,(H,19,20,21). The average molecular weight is 330 g/mol. The van der Waals surface area contributed by atoms with Crippen molar-refractivity contribution in [3.05, 3.63) is 45.1 Å². The zero-order valence-electron chi connectivity index (χ0n) is 12.5. The molecule has 22 heavy (non-hydrogen) atoms. The molecule has 3 aromatic rings. The average Bonchev–Trinajstić information content (AvgIpc) is 3.02. The minimum atomic E-state index is 0.727. The number of aryl methyl sites for hydroxylation is 4. The Bertz CT molecular complexity index is 885. The molecule has 1 aromatic carbocycles. The number of halogens is 1. The highest BCUT2D eigenvalue weighted by Crippen LogP contribution is 2.40. The Morgan fingerprint density at radius 1 is 1.18 bits per heavy atom. The van der Waals surface area contributed by atoms with Gasteiger partial charge in [0.15, 0.2) is 0 Å². The van der Waals surface area contributed by atoms with Crippen LogP contribution in [0, 0.1) is 13.8 Å². The molecule has 0 unspecified atom stereocenters. The summed E-state index contributed by atoms with van der Waals surface area (Å²) in [6, 6.07) is 5.88. The fourth-order valence-electron chi connectivity index (χ4n) is 3.05. The third kappa shape index (κ3) is 2.27. The van der Waals surface area contributed by atoms with E-state index >= 15 is 0 Å². The van der Waals surface area contributed by atoms with Crippen molar-refractivity contribution < 1.29 is 0 Å². The molecule has 0 saturated carbocycles. The smallest absolute Gasteiger partial charge is 0.143 e. The first kappa shape index (κ1) is 14.0. The van der Waals surface area contributed by atoms with Crippen LogP contribution in [0.4, 0.5) is 11.5 Å². The largest absolute Gasteiger partial charge is 0.339 e. The molecule has 0 amide bonds. The molecule has 0 bridgehead atoms. The van der Waals surface area contributed by atoms with Crippen LogP contribution in [-0.4, -0.2) is 9.97 Å². The van der Waals surface area contributed by atoms with E-state index in [9.17, 15) is 0 Å². The lowest BCUT2D eigenvalue weighted by Crippen LogP contribution is -2.00. The molecule has 2 aromatic heterocycles. The van der Waals surface area contributed by atoms with Crippen LogP contribution in [-0.2, 0) is 12.8 Å². The van der Waals surface area contributed by atoms with E-state index in [2.05, 4.69) is 22.2 Å². The molecule has 0 atom stereocenters.